The number of nitrogens with zero attached hydrogens (tertiary/aromatic N) is 3. The maximum absolute atomic E-state index is 5.34. The van der Waals surface area contributed by atoms with Gasteiger partial charge >= 0.3 is 0 Å². The van der Waals surface area contributed by atoms with Crippen molar-refractivity contribution in [1.82, 2.24) is 15.3 Å². The molecule has 5 heteroatoms. The van der Waals surface area contributed by atoms with E-state index in [-0.39, 0.29) is 0 Å². The molecule has 19 heavy (non-hydrogen) atoms. The lowest BCUT2D eigenvalue weighted by Crippen LogP contribution is -2.14. The van der Waals surface area contributed by atoms with E-state index < -0.39 is 0 Å². The number of para-hydroxylation sites is 2. The van der Waals surface area contributed by atoms with Gasteiger partial charge in [-0.05, 0) is 19.2 Å². The van der Waals surface area contributed by atoms with Gasteiger partial charge in [-0.25, -0.2) is 9.97 Å². The molecule has 0 aliphatic heterocycles. The van der Waals surface area contributed by atoms with Gasteiger partial charge in [-0.15, -0.1) is 0 Å². The first-order chi connectivity index (χ1) is 9.26. The van der Waals surface area contributed by atoms with Crippen molar-refractivity contribution in [3.05, 3.63) is 42.2 Å². The lowest BCUT2D eigenvalue weighted by atomic mass is 10.3. The minimum Gasteiger partial charge on any atom is -0.495 e. The van der Waals surface area contributed by atoms with Crippen molar-refractivity contribution in [2.75, 3.05) is 26.1 Å². The quantitative estimate of drug-likeness (QED) is 0.888. The Bertz CT molecular complexity index is 527. The van der Waals surface area contributed by atoms with Gasteiger partial charge < -0.3 is 15.0 Å². The van der Waals surface area contributed by atoms with Crippen molar-refractivity contribution >= 4 is 11.6 Å². The smallest absolute Gasteiger partial charge is 0.229 e. The highest BCUT2D eigenvalue weighted by Crippen LogP contribution is 2.29. The fourth-order valence-electron chi connectivity index (χ4n) is 1.83. The first kappa shape index (κ1) is 13.3. The molecule has 1 aromatic carbocycles. The number of methoxy groups -OCH3 is 1. The van der Waals surface area contributed by atoms with Gasteiger partial charge in [0.25, 0.3) is 0 Å². The predicted molar refractivity (Wildman–Crippen MR) is 75.9 cm³/mol. The molecule has 5 nitrogen and oxygen atoms in total. The van der Waals surface area contributed by atoms with Crippen LogP contribution in [0.4, 0.5) is 11.6 Å². The lowest BCUT2D eigenvalue weighted by molar-refractivity contribution is 0.415. The van der Waals surface area contributed by atoms with E-state index in [2.05, 4.69) is 15.3 Å². The monoisotopic (exact) mass is 258 g/mol. The van der Waals surface area contributed by atoms with Crippen molar-refractivity contribution in [3.63, 3.8) is 0 Å². The molecule has 1 aromatic heterocycles. The van der Waals surface area contributed by atoms with Crippen LogP contribution in [-0.2, 0) is 6.54 Å². The third-order valence-electron chi connectivity index (χ3n) is 2.82. The lowest BCUT2D eigenvalue weighted by Gasteiger charge is -2.19. The van der Waals surface area contributed by atoms with Crippen LogP contribution in [0.5, 0.6) is 5.75 Å². The molecule has 0 saturated heterocycles. The van der Waals surface area contributed by atoms with Gasteiger partial charge in [0, 0.05) is 31.5 Å². The van der Waals surface area contributed by atoms with Crippen LogP contribution < -0.4 is 15.0 Å². The molecule has 2 rings (SSSR count). The number of hydrogen-bond acceptors (Lipinski definition) is 5. The molecule has 0 amide bonds. The Morgan fingerprint density at radius 3 is 2.53 bits per heavy atom. The van der Waals surface area contributed by atoms with Crippen LogP contribution in [0.3, 0.4) is 0 Å². The highest BCUT2D eigenvalue weighted by Gasteiger charge is 2.11. The van der Waals surface area contributed by atoms with E-state index in [4.69, 9.17) is 4.74 Å². The topological polar surface area (TPSA) is 50.3 Å². The molecular weight excluding hydrogens is 240 g/mol. The third kappa shape index (κ3) is 3.00. The largest absolute Gasteiger partial charge is 0.495 e. The molecule has 1 heterocycles. The van der Waals surface area contributed by atoms with E-state index in [1.54, 1.807) is 7.11 Å². The van der Waals surface area contributed by atoms with Crippen LogP contribution in [0.1, 0.15) is 5.56 Å². The summed E-state index contributed by atoms with van der Waals surface area (Å²) in [5, 5.41) is 3.07. The first-order valence-electron chi connectivity index (χ1n) is 6.08. The molecule has 2 aromatic rings. The second-order valence-electron chi connectivity index (χ2n) is 4.15. The second-order valence-corrected chi connectivity index (χ2v) is 4.15. The van der Waals surface area contributed by atoms with Gasteiger partial charge in [0.1, 0.15) is 5.75 Å². The van der Waals surface area contributed by atoms with Gasteiger partial charge in [-0.2, -0.15) is 0 Å². The average Bonchev–Trinajstić information content (AvgIpc) is 2.47. The summed E-state index contributed by atoms with van der Waals surface area (Å²) in [4.78, 5) is 10.6. The van der Waals surface area contributed by atoms with Crippen LogP contribution in [0.25, 0.3) is 0 Å². The molecule has 0 atom stereocenters. The van der Waals surface area contributed by atoms with Gasteiger partial charge in [0.2, 0.25) is 5.95 Å². The number of anilines is 2. The molecule has 0 aliphatic rings. The fraction of sp³-hybridized carbons (Fsp3) is 0.286. The van der Waals surface area contributed by atoms with Crippen molar-refractivity contribution < 1.29 is 4.74 Å². The first-order valence-corrected chi connectivity index (χ1v) is 6.08. The molecular formula is C14H18N4O. The number of benzene rings is 1. The summed E-state index contributed by atoms with van der Waals surface area (Å²) in [6.45, 7) is 0.763. The van der Waals surface area contributed by atoms with Crippen molar-refractivity contribution in [2.24, 2.45) is 0 Å². The number of ether oxygens (including phenoxy) is 1. The van der Waals surface area contributed by atoms with Crippen LogP contribution in [-0.4, -0.2) is 31.2 Å². The fourth-order valence-corrected chi connectivity index (χ4v) is 1.83. The Morgan fingerprint density at radius 2 is 1.89 bits per heavy atom. The summed E-state index contributed by atoms with van der Waals surface area (Å²) >= 11 is 0. The van der Waals surface area contributed by atoms with Crippen molar-refractivity contribution in [2.45, 2.75) is 6.54 Å². The Labute approximate surface area is 113 Å². The standard InChI is InChI=1S/C14H18N4O/c1-15-8-11-9-16-14(17-10-11)18(2)12-6-4-5-7-13(12)19-3/h4-7,9-10,15H,8H2,1-3H3. The SMILES string of the molecule is CNCc1cnc(N(C)c2ccccc2OC)nc1. The number of aromatic nitrogens is 2. The zero-order valence-corrected chi connectivity index (χ0v) is 11.4. The molecule has 0 radical (unpaired) electrons. The molecule has 100 valence electrons. The average molecular weight is 258 g/mol. The van der Waals surface area contributed by atoms with Gasteiger partial charge in [0.15, 0.2) is 0 Å². The van der Waals surface area contributed by atoms with Crippen molar-refractivity contribution in [3.8, 4) is 5.75 Å². The molecule has 0 bridgehead atoms. The summed E-state index contributed by atoms with van der Waals surface area (Å²) < 4.78 is 5.34. The molecule has 0 unspecified atom stereocenters. The van der Waals surface area contributed by atoms with Crippen LogP contribution in [0.15, 0.2) is 36.7 Å². The summed E-state index contributed by atoms with van der Waals surface area (Å²) in [6.07, 6.45) is 3.65. The Morgan fingerprint density at radius 1 is 1.21 bits per heavy atom. The molecule has 0 saturated carbocycles. The van der Waals surface area contributed by atoms with E-state index >= 15 is 0 Å². The molecule has 0 spiro atoms. The summed E-state index contributed by atoms with van der Waals surface area (Å²) in [6, 6.07) is 7.79. The zero-order valence-electron chi connectivity index (χ0n) is 11.4. The van der Waals surface area contributed by atoms with E-state index in [9.17, 15) is 0 Å². The molecule has 0 aliphatic carbocycles. The Balaban J connectivity index is 2.25. The van der Waals surface area contributed by atoms with Gasteiger partial charge in [-0.1, -0.05) is 12.1 Å². The minimum absolute atomic E-state index is 0.643. The van der Waals surface area contributed by atoms with Crippen LogP contribution in [0.2, 0.25) is 0 Å². The maximum atomic E-state index is 5.34. The van der Waals surface area contributed by atoms with Gasteiger partial charge in [-0.3, -0.25) is 0 Å². The Hall–Kier alpha value is -2.14. The molecule has 0 fully saturated rings. The highest BCUT2D eigenvalue weighted by molar-refractivity contribution is 5.64. The Kier molecular flexibility index (Phi) is 4.30. The maximum Gasteiger partial charge on any atom is 0.229 e. The summed E-state index contributed by atoms with van der Waals surface area (Å²) in [7, 11) is 5.48. The van der Waals surface area contributed by atoms with E-state index in [1.165, 1.54) is 0 Å². The third-order valence-corrected chi connectivity index (χ3v) is 2.82. The van der Waals surface area contributed by atoms with E-state index in [1.807, 2.05) is 55.7 Å². The molecule has 1 N–H and O–H groups in total. The second kappa shape index (κ2) is 6.15. The normalized spacial score (nSPS) is 10.3. The number of hydrogen-bond donors (Lipinski definition) is 1. The summed E-state index contributed by atoms with van der Waals surface area (Å²) in [5.74, 6) is 1.44. The summed E-state index contributed by atoms with van der Waals surface area (Å²) in [5.41, 5.74) is 1.99. The van der Waals surface area contributed by atoms with E-state index in [0.29, 0.717) is 5.95 Å². The van der Waals surface area contributed by atoms with E-state index in [0.717, 1.165) is 23.5 Å². The number of nitrogens with one attached hydrogen (secondary N) is 1. The predicted octanol–water partition coefficient (Wildman–Crippen LogP) is 1.97. The van der Waals surface area contributed by atoms with Crippen LogP contribution >= 0.6 is 0 Å². The highest BCUT2D eigenvalue weighted by atomic mass is 16.5. The van der Waals surface area contributed by atoms with Crippen molar-refractivity contribution in [1.29, 1.82) is 0 Å². The van der Waals surface area contributed by atoms with Gasteiger partial charge in [0.05, 0.1) is 12.8 Å². The minimum atomic E-state index is 0.643. The number of rotatable bonds is 5. The van der Waals surface area contributed by atoms with Crippen LogP contribution in [0, 0.1) is 0 Å². The zero-order chi connectivity index (χ0) is 13.7.